The van der Waals surface area contributed by atoms with Crippen molar-refractivity contribution in [3.05, 3.63) is 29.8 Å². The van der Waals surface area contributed by atoms with E-state index in [1.165, 1.54) is 0 Å². The van der Waals surface area contributed by atoms with Crippen molar-refractivity contribution in [3.63, 3.8) is 0 Å². The van der Waals surface area contributed by atoms with Gasteiger partial charge in [0.25, 0.3) is 0 Å². The highest BCUT2D eigenvalue weighted by Crippen LogP contribution is 2.17. The Hall–Kier alpha value is -1.59. The fourth-order valence-electron chi connectivity index (χ4n) is 2.17. The highest BCUT2D eigenvalue weighted by atomic mass is 16.5. The van der Waals surface area contributed by atoms with E-state index in [1.807, 2.05) is 31.2 Å². The summed E-state index contributed by atoms with van der Waals surface area (Å²) in [5, 5.41) is 15.2. The second-order valence-corrected chi connectivity index (χ2v) is 4.61. The van der Waals surface area contributed by atoms with E-state index >= 15 is 0 Å². The zero-order valence-electron chi connectivity index (χ0n) is 11.1. The predicted molar refractivity (Wildman–Crippen MR) is 71.9 cm³/mol. The summed E-state index contributed by atoms with van der Waals surface area (Å²) < 4.78 is 5.50. The summed E-state index contributed by atoms with van der Waals surface area (Å²) in [4.78, 5) is 11.9. The molecule has 0 aliphatic carbocycles. The number of amides is 1. The van der Waals surface area contributed by atoms with Gasteiger partial charge >= 0.3 is 0 Å². The maximum atomic E-state index is 11.9. The summed E-state index contributed by atoms with van der Waals surface area (Å²) in [5.74, 6) is 0.715. The van der Waals surface area contributed by atoms with Crippen LogP contribution in [0.25, 0.3) is 0 Å². The molecule has 0 bridgehead atoms. The molecule has 1 heterocycles. The zero-order chi connectivity index (χ0) is 13.7. The lowest BCUT2D eigenvalue weighted by molar-refractivity contribution is -0.123. The van der Waals surface area contributed by atoms with Crippen LogP contribution in [0.3, 0.4) is 0 Å². The molecule has 1 aliphatic heterocycles. The lowest BCUT2D eigenvalue weighted by Crippen LogP contribution is -2.40. The normalized spacial score (nSPS) is 22.2. The Morgan fingerprint density at radius 3 is 3.00 bits per heavy atom. The molecule has 1 amide bonds. The number of benzene rings is 1. The smallest absolute Gasteiger partial charge is 0.237 e. The Morgan fingerprint density at radius 1 is 1.53 bits per heavy atom. The van der Waals surface area contributed by atoms with E-state index < -0.39 is 6.10 Å². The van der Waals surface area contributed by atoms with Crippen molar-refractivity contribution in [2.75, 3.05) is 13.2 Å². The van der Waals surface area contributed by atoms with Gasteiger partial charge in [-0.15, -0.1) is 0 Å². The number of carbonyl (C=O) groups is 1. The number of aliphatic hydroxyl groups excluding tert-OH is 1. The first-order valence-corrected chi connectivity index (χ1v) is 6.60. The van der Waals surface area contributed by atoms with E-state index in [-0.39, 0.29) is 11.9 Å². The molecule has 0 spiro atoms. The molecule has 1 aromatic carbocycles. The van der Waals surface area contributed by atoms with Crippen LogP contribution in [0.1, 0.15) is 18.9 Å². The van der Waals surface area contributed by atoms with E-state index in [0.717, 1.165) is 11.3 Å². The van der Waals surface area contributed by atoms with E-state index in [4.69, 9.17) is 4.74 Å². The molecule has 0 radical (unpaired) electrons. The lowest BCUT2D eigenvalue weighted by atomic mass is 10.1. The van der Waals surface area contributed by atoms with E-state index in [9.17, 15) is 9.90 Å². The van der Waals surface area contributed by atoms with Gasteiger partial charge < -0.3 is 20.5 Å². The van der Waals surface area contributed by atoms with Gasteiger partial charge in [0.2, 0.25) is 5.91 Å². The highest BCUT2D eigenvalue weighted by molar-refractivity contribution is 5.82. The number of hydrogen-bond acceptors (Lipinski definition) is 4. The minimum absolute atomic E-state index is 0.0807. The van der Waals surface area contributed by atoms with Gasteiger partial charge in [0.15, 0.2) is 0 Å². The number of rotatable bonds is 5. The van der Waals surface area contributed by atoms with Crippen LogP contribution in [-0.4, -0.2) is 36.3 Å². The fraction of sp³-hybridized carbons (Fsp3) is 0.500. The van der Waals surface area contributed by atoms with Gasteiger partial charge in [-0.05, 0) is 19.4 Å². The van der Waals surface area contributed by atoms with Gasteiger partial charge in [-0.25, -0.2) is 0 Å². The van der Waals surface area contributed by atoms with Crippen molar-refractivity contribution >= 4 is 5.91 Å². The van der Waals surface area contributed by atoms with Gasteiger partial charge in [-0.1, -0.05) is 18.2 Å². The second-order valence-electron chi connectivity index (χ2n) is 4.61. The van der Waals surface area contributed by atoms with Gasteiger partial charge in [0.05, 0.1) is 18.8 Å². The van der Waals surface area contributed by atoms with Gasteiger partial charge in [0, 0.05) is 18.7 Å². The monoisotopic (exact) mass is 264 g/mol. The molecule has 0 unspecified atom stereocenters. The van der Waals surface area contributed by atoms with Gasteiger partial charge in [-0.3, -0.25) is 4.79 Å². The quantitative estimate of drug-likeness (QED) is 0.721. The largest absolute Gasteiger partial charge is 0.494 e. The second kappa shape index (κ2) is 6.54. The summed E-state index contributed by atoms with van der Waals surface area (Å²) in [5.41, 5.74) is 0.955. The standard InChI is InChI=1S/C14H20N2O3/c1-2-19-13-6-4-3-5-10(13)8-16-14(18)12-7-11(17)9-15-12/h3-6,11-12,15,17H,2,7-9H2,1H3,(H,16,18)/t11-,12-/m1/s1. The van der Waals surface area contributed by atoms with Crippen molar-refractivity contribution in [1.82, 2.24) is 10.6 Å². The number of nitrogens with one attached hydrogen (secondary N) is 2. The molecule has 1 aromatic rings. The van der Waals surface area contributed by atoms with Crippen LogP contribution in [0.15, 0.2) is 24.3 Å². The molecule has 3 N–H and O–H groups in total. The lowest BCUT2D eigenvalue weighted by Gasteiger charge is -2.13. The summed E-state index contributed by atoms with van der Waals surface area (Å²) in [6.07, 6.45) is 0.0466. The summed E-state index contributed by atoms with van der Waals surface area (Å²) in [7, 11) is 0. The molecule has 2 rings (SSSR count). The van der Waals surface area contributed by atoms with Crippen LogP contribution in [0, 0.1) is 0 Å². The first-order valence-electron chi connectivity index (χ1n) is 6.60. The third-order valence-corrected chi connectivity index (χ3v) is 3.15. The molecular weight excluding hydrogens is 244 g/mol. The van der Waals surface area contributed by atoms with Gasteiger partial charge in [0.1, 0.15) is 5.75 Å². The molecule has 1 fully saturated rings. The first kappa shape index (κ1) is 13.8. The Labute approximate surface area is 113 Å². The Kier molecular flexibility index (Phi) is 4.76. The van der Waals surface area contributed by atoms with Crippen molar-refractivity contribution in [3.8, 4) is 5.75 Å². The number of β-amino-alcohol motifs (C(OH)–C–C–N with tert-alkyl or cyclic N) is 1. The van der Waals surface area contributed by atoms with Crippen LogP contribution in [-0.2, 0) is 11.3 Å². The van der Waals surface area contributed by atoms with Crippen LogP contribution < -0.4 is 15.4 Å². The molecule has 2 atom stereocenters. The van der Waals surface area contributed by atoms with Gasteiger partial charge in [-0.2, -0.15) is 0 Å². The molecule has 1 aliphatic rings. The molecule has 0 saturated carbocycles. The average molecular weight is 264 g/mol. The van der Waals surface area contributed by atoms with Crippen LogP contribution in [0.2, 0.25) is 0 Å². The SMILES string of the molecule is CCOc1ccccc1CNC(=O)[C@H]1C[C@@H](O)CN1. The van der Waals surface area contributed by atoms with Crippen LogP contribution in [0.5, 0.6) is 5.75 Å². The Balaban J connectivity index is 1.89. The summed E-state index contributed by atoms with van der Waals surface area (Å²) in [6.45, 7) is 3.44. The van der Waals surface area contributed by atoms with Crippen LogP contribution in [0.4, 0.5) is 0 Å². The molecule has 5 nitrogen and oxygen atoms in total. The maximum Gasteiger partial charge on any atom is 0.237 e. The molecular formula is C14H20N2O3. The zero-order valence-corrected chi connectivity index (χ0v) is 11.1. The Morgan fingerprint density at radius 2 is 2.32 bits per heavy atom. The molecule has 5 heteroatoms. The summed E-state index contributed by atoms with van der Waals surface area (Å²) in [6, 6.07) is 7.35. The topological polar surface area (TPSA) is 70.6 Å². The highest BCUT2D eigenvalue weighted by Gasteiger charge is 2.27. The predicted octanol–water partition coefficient (Wildman–Crippen LogP) is 0.424. The van der Waals surface area contributed by atoms with Crippen molar-refractivity contribution < 1.29 is 14.6 Å². The Bertz CT molecular complexity index is 436. The fourth-order valence-corrected chi connectivity index (χ4v) is 2.17. The molecule has 1 saturated heterocycles. The number of hydrogen-bond donors (Lipinski definition) is 3. The third kappa shape index (κ3) is 3.68. The van der Waals surface area contributed by atoms with E-state index in [2.05, 4.69) is 10.6 Å². The summed E-state index contributed by atoms with van der Waals surface area (Å²) >= 11 is 0. The molecule has 104 valence electrons. The van der Waals surface area contributed by atoms with Crippen LogP contribution >= 0.6 is 0 Å². The minimum Gasteiger partial charge on any atom is -0.494 e. The van der Waals surface area contributed by atoms with Crippen molar-refractivity contribution in [2.24, 2.45) is 0 Å². The average Bonchev–Trinajstić information content (AvgIpc) is 2.84. The maximum absolute atomic E-state index is 11.9. The molecule has 19 heavy (non-hydrogen) atoms. The van der Waals surface area contributed by atoms with E-state index in [0.29, 0.717) is 26.1 Å². The number of aliphatic hydroxyl groups is 1. The number of carbonyl (C=O) groups excluding carboxylic acids is 1. The van der Waals surface area contributed by atoms with Crippen molar-refractivity contribution in [1.29, 1.82) is 0 Å². The minimum atomic E-state index is -0.425. The van der Waals surface area contributed by atoms with E-state index in [1.54, 1.807) is 0 Å². The number of para-hydroxylation sites is 1. The molecule has 0 aromatic heterocycles. The number of ether oxygens (including phenoxy) is 1. The van der Waals surface area contributed by atoms with Crippen molar-refractivity contribution in [2.45, 2.75) is 32.0 Å². The third-order valence-electron chi connectivity index (χ3n) is 3.15. The first-order chi connectivity index (χ1) is 9.20.